The molecule has 1 aromatic carbocycles. The van der Waals surface area contributed by atoms with Gasteiger partial charge in [0, 0.05) is 11.3 Å². The van der Waals surface area contributed by atoms with E-state index in [0.29, 0.717) is 11.8 Å². The SMILES string of the molecule is C=C/C(=C1/OCC(C(=O)Nc2ccc(C)cc2)=CC1=C)C(F)(F)F. The number of hydrogen-bond donors (Lipinski definition) is 1. The van der Waals surface area contributed by atoms with Gasteiger partial charge in [-0.2, -0.15) is 13.2 Å². The number of rotatable bonds is 3. The van der Waals surface area contributed by atoms with Gasteiger partial charge in [-0.1, -0.05) is 36.9 Å². The minimum absolute atomic E-state index is 0.0254. The summed E-state index contributed by atoms with van der Waals surface area (Å²) < 4.78 is 43.8. The van der Waals surface area contributed by atoms with Crippen LogP contribution in [0.5, 0.6) is 0 Å². The standard InChI is InChI=1S/C18H16F3NO2/c1-4-15(18(19,20)21)16-12(3)9-13(10-24-16)17(23)22-14-7-5-11(2)6-8-14/h4-9H,1,3,10H2,2H3,(H,22,23)/b16-15-. The zero-order chi connectivity index (χ0) is 17.9. The van der Waals surface area contributed by atoms with Gasteiger partial charge in [-0.3, -0.25) is 4.79 Å². The predicted octanol–water partition coefficient (Wildman–Crippen LogP) is 4.45. The molecule has 0 atom stereocenters. The van der Waals surface area contributed by atoms with Crippen LogP contribution in [-0.4, -0.2) is 18.7 Å². The van der Waals surface area contributed by atoms with Gasteiger partial charge < -0.3 is 10.1 Å². The van der Waals surface area contributed by atoms with Crippen LogP contribution < -0.4 is 5.32 Å². The molecule has 1 heterocycles. The summed E-state index contributed by atoms with van der Waals surface area (Å²) in [6.07, 6.45) is -2.64. The summed E-state index contributed by atoms with van der Waals surface area (Å²) in [6.45, 7) is 8.33. The van der Waals surface area contributed by atoms with Gasteiger partial charge in [0.05, 0.1) is 11.1 Å². The Bertz CT molecular complexity index is 741. The summed E-state index contributed by atoms with van der Waals surface area (Å²) in [6, 6.07) is 7.13. The number of benzene rings is 1. The van der Waals surface area contributed by atoms with E-state index in [9.17, 15) is 18.0 Å². The van der Waals surface area contributed by atoms with Crippen LogP contribution in [0.3, 0.4) is 0 Å². The summed E-state index contributed by atoms with van der Waals surface area (Å²) in [4.78, 5) is 12.2. The van der Waals surface area contributed by atoms with Crippen molar-refractivity contribution in [3.63, 3.8) is 0 Å². The van der Waals surface area contributed by atoms with Crippen LogP contribution in [0.15, 0.2) is 72.1 Å². The number of hydrogen-bond acceptors (Lipinski definition) is 2. The fourth-order valence-electron chi connectivity index (χ4n) is 2.13. The Kier molecular flexibility index (Phi) is 4.97. The molecule has 0 unspecified atom stereocenters. The first kappa shape index (κ1) is 17.6. The van der Waals surface area contributed by atoms with E-state index in [1.807, 2.05) is 19.1 Å². The van der Waals surface area contributed by atoms with Gasteiger partial charge in [0.1, 0.15) is 12.4 Å². The number of ether oxygens (including phenoxy) is 1. The van der Waals surface area contributed by atoms with Gasteiger partial charge in [0.25, 0.3) is 5.91 Å². The van der Waals surface area contributed by atoms with Crippen molar-refractivity contribution in [1.29, 1.82) is 0 Å². The topological polar surface area (TPSA) is 38.3 Å². The lowest BCUT2D eigenvalue weighted by Crippen LogP contribution is -2.23. The van der Waals surface area contributed by atoms with Crippen molar-refractivity contribution in [3.8, 4) is 0 Å². The fraction of sp³-hybridized carbons (Fsp3) is 0.167. The molecule has 2 rings (SSSR count). The number of halogens is 3. The number of carbonyl (C=O) groups excluding carboxylic acids is 1. The van der Waals surface area contributed by atoms with E-state index >= 15 is 0 Å². The Labute approximate surface area is 137 Å². The zero-order valence-corrected chi connectivity index (χ0v) is 13.0. The van der Waals surface area contributed by atoms with Gasteiger partial charge >= 0.3 is 6.18 Å². The molecule has 3 nitrogen and oxygen atoms in total. The summed E-state index contributed by atoms with van der Waals surface area (Å²) in [5, 5.41) is 2.66. The van der Waals surface area contributed by atoms with E-state index in [4.69, 9.17) is 4.74 Å². The third-order valence-corrected chi connectivity index (χ3v) is 3.37. The lowest BCUT2D eigenvalue weighted by Gasteiger charge is -2.22. The fourth-order valence-corrected chi connectivity index (χ4v) is 2.13. The van der Waals surface area contributed by atoms with Crippen LogP contribution >= 0.6 is 0 Å². The van der Waals surface area contributed by atoms with Gasteiger partial charge in [0.2, 0.25) is 0 Å². The molecule has 1 aliphatic rings. The van der Waals surface area contributed by atoms with Crippen molar-refractivity contribution in [3.05, 3.63) is 77.6 Å². The van der Waals surface area contributed by atoms with Crippen LogP contribution in [0.2, 0.25) is 0 Å². The van der Waals surface area contributed by atoms with Crippen molar-refractivity contribution < 1.29 is 22.7 Å². The molecule has 0 bridgehead atoms. The molecular weight excluding hydrogens is 319 g/mol. The lowest BCUT2D eigenvalue weighted by molar-refractivity contribution is -0.113. The molecule has 0 aromatic heterocycles. The number of anilines is 1. The molecule has 0 saturated carbocycles. The second kappa shape index (κ2) is 6.78. The van der Waals surface area contributed by atoms with Crippen molar-refractivity contribution in [2.45, 2.75) is 13.1 Å². The Balaban J connectivity index is 2.20. The molecule has 0 aliphatic carbocycles. The molecular formula is C18H16F3NO2. The highest BCUT2D eigenvalue weighted by molar-refractivity contribution is 6.04. The van der Waals surface area contributed by atoms with E-state index in [1.54, 1.807) is 12.1 Å². The predicted molar refractivity (Wildman–Crippen MR) is 86.3 cm³/mol. The highest BCUT2D eigenvalue weighted by Gasteiger charge is 2.37. The number of alkyl halides is 3. The maximum absolute atomic E-state index is 12.9. The van der Waals surface area contributed by atoms with Crippen molar-refractivity contribution in [2.24, 2.45) is 0 Å². The van der Waals surface area contributed by atoms with Crippen LogP contribution in [0, 0.1) is 6.92 Å². The smallest absolute Gasteiger partial charge is 0.419 e. The molecule has 24 heavy (non-hydrogen) atoms. The Morgan fingerprint density at radius 1 is 1.29 bits per heavy atom. The van der Waals surface area contributed by atoms with Crippen molar-refractivity contribution in [2.75, 3.05) is 11.9 Å². The van der Waals surface area contributed by atoms with Crippen LogP contribution in [0.1, 0.15) is 5.56 Å². The van der Waals surface area contributed by atoms with E-state index in [2.05, 4.69) is 18.5 Å². The average molecular weight is 335 g/mol. The number of nitrogens with one attached hydrogen (secondary N) is 1. The second-order valence-corrected chi connectivity index (χ2v) is 5.25. The van der Waals surface area contributed by atoms with E-state index < -0.39 is 23.4 Å². The molecule has 1 aromatic rings. The zero-order valence-electron chi connectivity index (χ0n) is 13.0. The number of aryl methyl sites for hydroxylation is 1. The lowest BCUT2D eigenvalue weighted by atomic mass is 10.0. The Morgan fingerprint density at radius 2 is 1.92 bits per heavy atom. The third kappa shape index (κ3) is 3.95. The number of amides is 1. The van der Waals surface area contributed by atoms with Gasteiger partial charge in [-0.15, -0.1) is 0 Å². The van der Waals surface area contributed by atoms with Crippen LogP contribution in [-0.2, 0) is 9.53 Å². The third-order valence-electron chi connectivity index (χ3n) is 3.37. The van der Waals surface area contributed by atoms with Crippen molar-refractivity contribution in [1.82, 2.24) is 0 Å². The highest BCUT2D eigenvalue weighted by Crippen LogP contribution is 2.34. The first-order valence-electron chi connectivity index (χ1n) is 7.07. The van der Waals surface area contributed by atoms with Crippen LogP contribution in [0.25, 0.3) is 0 Å². The quantitative estimate of drug-likeness (QED) is 0.886. The molecule has 1 amide bonds. The van der Waals surface area contributed by atoms with Gasteiger partial charge in [-0.25, -0.2) is 0 Å². The first-order valence-corrected chi connectivity index (χ1v) is 7.07. The number of carbonyl (C=O) groups is 1. The first-order chi connectivity index (χ1) is 11.2. The van der Waals surface area contributed by atoms with E-state index in [-0.39, 0.29) is 17.8 Å². The maximum Gasteiger partial charge on any atom is 0.419 e. The Morgan fingerprint density at radius 3 is 2.42 bits per heavy atom. The molecule has 0 spiro atoms. The van der Waals surface area contributed by atoms with E-state index in [0.717, 1.165) is 5.56 Å². The summed E-state index contributed by atoms with van der Waals surface area (Å²) in [5.41, 5.74) is 0.778. The summed E-state index contributed by atoms with van der Waals surface area (Å²) in [5.74, 6) is -0.865. The highest BCUT2D eigenvalue weighted by atomic mass is 19.4. The molecule has 126 valence electrons. The van der Waals surface area contributed by atoms with Crippen molar-refractivity contribution >= 4 is 11.6 Å². The average Bonchev–Trinajstić information content (AvgIpc) is 2.50. The molecule has 1 aliphatic heterocycles. The molecule has 0 saturated heterocycles. The second-order valence-electron chi connectivity index (χ2n) is 5.25. The van der Waals surface area contributed by atoms with Gasteiger partial charge in [-0.05, 0) is 25.1 Å². The molecule has 0 fully saturated rings. The summed E-state index contributed by atoms with van der Waals surface area (Å²) in [7, 11) is 0. The maximum atomic E-state index is 12.9. The molecule has 0 radical (unpaired) electrons. The number of allylic oxidation sites excluding steroid dienone is 3. The largest absolute Gasteiger partial charge is 0.487 e. The molecule has 1 N–H and O–H groups in total. The monoisotopic (exact) mass is 335 g/mol. The van der Waals surface area contributed by atoms with E-state index in [1.165, 1.54) is 6.08 Å². The molecule has 6 heteroatoms. The Hall–Kier alpha value is -2.76. The van der Waals surface area contributed by atoms with Crippen LogP contribution in [0.4, 0.5) is 18.9 Å². The van der Waals surface area contributed by atoms with Gasteiger partial charge in [0.15, 0.2) is 0 Å². The normalized spacial score (nSPS) is 16.8. The minimum Gasteiger partial charge on any atom is -0.487 e. The minimum atomic E-state index is -4.60. The summed E-state index contributed by atoms with van der Waals surface area (Å²) >= 11 is 0.